The number of imide groups is 1. The molecule has 6 aromatic rings. The van der Waals surface area contributed by atoms with E-state index < -0.39 is 11.6 Å². The predicted octanol–water partition coefficient (Wildman–Crippen LogP) is 6.98. The number of carbonyl (C=O) groups excluding carboxylic acids is 2. The van der Waals surface area contributed by atoms with Crippen molar-refractivity contribution in [2.75, 3.05) is 13.2 Å². The van der Waals surface area contributed by atoms with Gasteiger partial charge in [0.2, 0.25) is 0 Å². The van der Waals surface area contributed by atoms with Crippen LogP contribution in [0.4, 0.5) is 4.79 Å². The zero-order valence-electron chi connectivity index (χ0n) is 25.7. The van der Waals surface area contributed by atoms with E-state index in [1.54, 1.807) is 25.4 Å². The van der Waals surface area contributed by atoms with E-state index in [4.69, 9.17) is 9.72 Å². The van der Waals surface area contributed by atoms with Crippen molar-refractivity contribution >= 4 is 33.9 Å². The Bertz CT molecular complexity index is 2100. The molecule has 0 radical (unpaired) electrons. The summed E-state index contributed by atoms with van der Waals surface area (Å²) in [6.45, 7) is 4.39. The number of aromatic nitrogens is 3. The number of nitrogens with one attached hydrogen (secondary N) is 1. The molecule has 2 aromatic heterocycles. The summed E-state index contributed by atoms with van der Waals surface area (Å²) in [5, 5.41) is 3.98. The number of para-hydroxylation sites is 1. The van der Waals surface area contributed by atoms with E-state index >= 15 is 0 Å². The van der Waals surface area contributed by atoms with Gasteiger partial charge in [-0.05, 0) is 84.3 Å². The van der Waals surface area contributed by atoms with Crippen LogP contribution in [0.5, 0.6) is 5.75 Å². The molecule has 7 rings (SSSR count). The van der Waals surface area contributed by atoms with Gasteiger partial charge in [-0.1, -0.05) is 66.7 Å². The van der Waals surface area contributed by atoms with E-state index in [0.29, 0.717) is 24.1 Å². The molecule has 4 aromatic carbocycles. The molecule has 1 N–H and O–H groups in total. The van der Waals surface area contributed by atoms with Crippen LogP contribution in [0.3, 0.4) is 0 Å². The number of urea groups is 1. The average molecular weight is 608 g/mol. The lowest BCUT2D eigenvalue weighted by Gasteiger charge is -2.22. The third-order valence-electron chi connectivity index (χ3n) is 8.65. The molecule has 1 atom stereocenters. The minimum Gasteiger partial charge on any atom is -0.494 e. The number of rotatable bonds is 9. The first-order valence-corrected chi connectivity index (χ1v) is 15.4. The number of aryl methyl sites for hydroxylation is 1. The van der Waals surface area contributed by atoms with Crippen LogP contribution in [0.2, 0.25) is 0 Å². The third-order valence-corrected chi connectivity index (χ3v) is 8.65. The van der Waals surface area contributed by atoms with Crippen molar-refractivity contribution in [1.29, 1.82) is 0 Å². The van der Waals surface area contributed by atoms with E-state index in [1.807, 2.05) is 36.5 Å². The number of hydrogen-bond donors (Lipinski definition) is 1. The second-order valence-corrected chi connectivity index (χ2v) is 11.8. The Kier molecular flexibility index (Phi) is 7.62. The highest BCUT2D eigenvalue weighted by Gasteiger charge is 2.48. The maximum absolute atomic E-state index is 13.5. The number of hydrogen-bond acceptors (Lipinski definition) is 6. The molecule has 0 spiro atoms. The van der Waals surface area contributed by atoms with Crippen molar-refractivity contribution < 1.29 is 14.3 Å². The van der Waals surface area contributed by atoms with E-state index in [2.05, 4.69) is 76.8 Å². The second-order valence-electron chi connectivity index (χ2n) is 11.8. The summed E-state index contributed by atoms with van der Waals surface area (Å²) in [5.41, 5.74) is 7.54. The van der Waals surface area contributed by atoms with Gasteiger partial charge in [0.25, 0.3) is 5.91 Å². The Morgan fingerprint density at radius 2 is 1.65 bits per heavy atom. The summed E-state index contributed by atoms with van der Waals surface area (Å²) >= 11 is 0. The molecule has 3 amide bonds. The van der Waals surface area contributed by atoms with Crippen LogP contribution in [0.25, 0.3) is 33.1 Å². The Morgan fingerprint density at radius 1 is 0.848 bits per heavy atom. The maximum Gasteiger partial charge on any atom is 0.325 e. The van der Waals surface area contributed by atoms with Crippen molar-refractivity contribution in [2.24, 2.45) is 0 Å². The summed E-state index contributed by atoms with van der Waals surface area (Å²) in [6, 6.07) is 29.8. The van der Waals surface area contributed by atoms with Gasteiger partial charge in [-0.15, -0.1) is 0 Å². The molecule has 1 saturated heterocycles. The first-order valence-electron chi connectivity index (χ1n) is 15.4. The molecule has 3 heterocycles. The minimum atomic E-state index is -1.18. The number of pyridine rings is 1. The van der Waals surface area contributed by atoms with Crippen LogP contribution in [-0.4, -0.2) is 44.9 Å². The number of benzene rings is 4. The summed E-state index contributed by atoms with van der Waals surface area (Å²) in [7, 11) is 0. The number of nitrogens with zero attached hydrogens (tertiary/aromatic N) is 4. The number of ether oxygens (including phenoxy) is 1. The van der Waals surface area contributed by atoms with E-state index in [-0.39, 0.29) is 12.5 Å². The van der Waals surface area contributed by atoms with E-state index in [9.17, 15) is 9.59 Å². The molecule has 0 bridgehead atoms. The lowest BCUT2D eigenvalue weighted by atomic mass is 9.91. The van der Waals surface area contributed by atoms with Gasteiger partial charge in [-0.3, -0.25) is 24.6 Å². The van der Waals surface area contributed by atoms with Gasteiger partial charge in [-0.2, -0.15) is 0 Å². The molecule has 1 aliphatic heterocycles. The van der Waals surface area contributed by atoms with Gasteiger partial charge >= 0.3 is 6.03 Å². The SMILES string of the molecule is Cc1cccc2c(-c3cccc(OCCCN4C(=O)NC(C)(c5ccc6nccnc6c5)C4=O)c3)c(Cc3ccccc3)cnc12. The van der Waals surface area contributed by atoms with Crippen LogP contribution in [0.15, 0.2) is 110 Å². The molecule has 8 heteroatoms. The van der Waals surface area contributed by atoms with Crippen LogP contribution < -0.4 is 10.1 Å². The molecular formula is C38H33N5O3. The fourth-order valence-corrected chi connectivity index (χ4v) is 6.23. The smallest absolute Gasteiger partial charge is 0.325 e. The maximum atomic E-state index is 13.5. The fraction of sp³-hybridized carbons (Fsp3) is 0.184. The molecule has 1 aliphatic rings. The van der Waals surface area contributed by atoms with Crippen molar-refractivity contribution in [3.05, 3.63) is 132 Å². The molecule has 1 fully saturated rings. The highest BCUT2D eigenvalue weighted by Crippen LogP contribution is 2.35. The topological polar surface area (TPSA) is 97.3 Å². The van der Waals surface area contributed by atoms with Crippen molar-refractivity contribution in [3.8, 4) is 16.9 Å². The minimum absolute atomic E-state index is 0.239. The van der Waals surface area contributed by atoms with Crippen LogP contribution >= 0.6 is 0 Å². The Morgan fingerprint density at radius 3 is 2.50 bits per heavy atom. The average Bonchev–Trinajstić information content (AvgIpc) is 3.30. The molecule has 1 unspecified atom stereocenters. The quantitative estimate of drug-likeness (QED) is 0.141. The molecular weight excluding hydrogens is 574 g/mol. The van der Waals surface area contributed by atoms with Crippen molar-refractivity contribution in [1.82, 2.24) is 25.2 Å². The van der Waals surface area contributed by atoms with Gasteiger partial charge in [0.05, 0.1) is 23.2 Å². The lowest BCUT2D eigenvalue weighted by Crippen LogP contribution is -2.41. The third kappa shape index (κ3) is 5.43. The molecule has 228 valence electrons. The van der Waals surface area contributed by atoms with Crippen LogP contribution in [0.1, 0.15) is 35.6 Å². The molecule has 46 heavy (non-hydrogen) atoms. The zero-order valence-corrected chi connectivity index (χ0v) is 25.7. The first-order chi connectivity index (χ1) is 22.4. The largest absolute Gasteiger partial charge is 0.494 e. The van der Waals surface area contributed by atoms with Gasteiger partial charge in [0.1, 0.15) is 11.3 Å². The Hall–Kier alpha value is -5.63. The highest BCUT2D eigenvalue weighted by molar-refractivity contribution is 6.07. The number of carbonyl (C=O) groups is 2. The van der Waals surface area contributed by atoms with Gasteiger partial charge in [-0.25, -0.2) is 4.79 Å². The van der Waals surface area contributed by atoms with Crippen LogP contribution in [-0.2, 0) is 16.8 Å². The molecule has 8 nitrogen and oxygen atoms in total. The standard InChI is InChI=1S/C38H33N5O3/c1-25-9-6-14-31-34(28(24-41-35(25)31)21-26-10-4-3-5-11-26)27-12-7-13-30(22-27)46-20-8-19-43-36(44)38(2,42-37(43)45)29-15-16-32-33(23-29)40-18-17-39-32/h3-7,9-18,22-24H,8,19-21H2,1-2H3,(H,42,45). The number of fused-ring (bicyclic) bond motifs is 2. The Labute approximate surface area is 267 Å². The van der Waals surface area contributed by atoms with Gasteiger partial charge < -0.3 is 10.1 Å². The monoisotopic (exact) mass is 607 g/mol. The summed E-state index contributed by atoms with van der Waals surface area (Å²) < 4.78 is 6.18. The summed E-state index contributed by atoms with van der Waals surface area (Å²) in [6.07, 6.45) is 6.46. The Balaban J connectivity index is 1.07. The fourth-order valence-electron chi connectivity index (χ4n) is 6.23. The lowest BCUT2D eigenvalue weighted by molar-refractivity contribution is -0.131. The first kappa shape index (κ1) is 29.1. The summed E-state index contributed by atoms with van der Waals surface area (Å²) in [5.74, 6) is 0.425. The normalized spacial score (nSPS) is 16.3. The van der Waals surface area contributed by atoms with Gasteiger partial charge in [0.15, 0.2) is 0 Å². The van der Waals surface area contributed by atoms with Crippen LogP contribution in [0, 0.1) is 6.92 Å². The van der Waals surface area contributed by atoms with Gasteiger partial charge in [0, 0.05) is 30.5 Å². The second kappa shape index (κ2) is 12.0. The van der Waals surface area contributed by atoms with Crippen molar-refractivity contribution in [2.45, 2.75) is 32.2 Å². The van der Waals surface area contributed by atoms with E-state index in [0.717, 1.165) is 50.8 Å². The van der Waals surface area contributed by atoms with Crippen molar-refractivity contribution in [3.63, 3.8) is 0 Å². The predicted molar refractivity (Wildman–Crippen MR) is 178 cm³/mol. The number of amides is 3. The summed E-state index contributed by atoms with van der Waals surface area (Å²) in [4.78, 5) is 41.2. The molecule has 0 saturated carbocycles. The zero-order chi connectivity index (χ0) is 31.7. The van der Waals surface area contributed by atoms with E-state index in [1.165, 1.54) is 10.5 Å². The molecule has 0 aliphatic carbocycles. The highest BCUT2D eigenvalue weighted by atomic mass is 16.5.